The maximum Gasteiger partial charge on any atom is 0.126 e. The molecule has 0 saturated carbocycles. The van der Waals surface area contributed by atoms with Crippen LogP contribution in [0.25, 0.3) is 0 Å². The van der Waals surface area contributed by atoms with Crippen LogP contribution in [0.3, 0.4) is 0 Å². The van der Waals surface area contributed by atoms with Crippen LogP contribution in [-0.4, -0.2) is 0 Å². The first-order valence-corrected chi connectivity index (χ1v) is 6.61. The molecular weight excluding hydrogens is 213 g/mol. The summed E-state index contributed by atoms with van der Waals surface area (Å²) in [6, 6.07) is 5.32. The molecule has 0 fully saturated rings. The van der Waals surface area contributed by atoms with Gasteiger partial charge in [0.15, 0.2) is 0 Å². The molecule has 0 aliphatic carbocycles. The topological polar surface area (TPSA) is 26.0 Å². The Morgan fingerprint density at radius 2 is 2.00 bits per heavy atom. The van der Waals surface area contributed by atoms with Gasteiger partial charge in [-0.15, -0.1) is 0 Å². The van der Waals surface area contributed by atoms with Crippen LogP contribution in [0.15, 0.2) is 18.2 Å². The van der Waals surface area contributed by atoms with Crippen LogP contribution in [-0.2, 0) is 0 Å². The van der Waals surface area contributed by atoms with Crippen LogP contribution in [0.1, 0.15) is 56.7 Å². The summed E-state index contributed by atoms with van der Waals surface area (Å²) < 4.78 is 13.5. The highest BCUT2D eigenvalue weighted by Crippen LogP contribution is 2.27. The molecule has 2 N–H and O–H groups in total. The predicted octanol–water partition coefficient (Wildman–Crippen LogP) is 4.35. The molecule has 1 nitrogen and oxygen atoms in total. The lowest BCUT2D eigenvalue weighted by Gasteiger charge is -2.23. The Labute approximate surface area is 104 Å². The molecule has 2 heteroatoms. The standard InChI is InChI=1S/C15H24FN/c1-4-6-7-12(5-2)15(17)13-9-8-11(3)14(16)10-13/h8-10,12,15H,4-7,17H2,1-3H3. The van der Waals surface area contributed by atoms with Crippen molar-refractivity contribution in [2.45, 2.75) is 52.5 Å². The molecule has 0 spiro atoms. The van der Waals surface area contributed by atoms with E-state index in [1.807, 2.05) is 12.1 Å². The van der Waals surface area contributed by atoms with E-state index in [0.717, 1.165) is 18.4 Å². The fourth-order valence-electron chi connectivity index (χ4n) is 2.19. The summed E-state index contributed by atoms with van der Waals surface area (Å²) in [4.78, 5) is 0. The van der Waals surface area contributed by atoms with E-state index < -0.39 is 0 Å². The number of halogens is 1. The minimum Gasteiger partial charge on any atom is -0.324 e. The van der Waals surface area contributed by atoms with Gasteiger partial charge in [-0.1, -0.05) is 45.2 Å². The molecular formula is C15H24FN. The molecule has 1 aromatic rings. The Morgan fingerprint density at radius 1 is 1.29 bits per heavy atom. The molecule has 96 valence electrons. The first-order valence-electron chi connectivity index (χ1n) is 6.61. The second kappa shape index (κ2) is 6.75. The zero-order valence-electron chi connectivity index (χ0n) is 11.2. The lowest BCUT2D eigenvalue weighted by Crippen LogP contribution is -2.21. The molecule has 0 bridgehead atoms. The van der Waals surface area contributed by atoms with Crippen molar-refractivity contribution in [3.8, 4) is 0 Å². The molecule has 0 radical (unpaired) electrons. The third-order valence-electron chi connectivity index (χ3n) is 3.54. The van der Waals surface area contributed by atoms with Gasteiger partial charge in [0.1, 0.15) is 5.82 Å². The van der Waals surface area contributed by atoms with E-state index >= 15 is 0 Å². The van der Waals surface area contributed by atoms with Gasteiger partial charge >= 0.3 is 0 Å². The van der Waals surface area contributed by atoms with Crippen molar-refractivity contribution >= 4 is 0 Å². The van der Waals surface area contributed by atoms with E-state index in [-0.39, 0.29) is 11.9 Å². The number of unbranched alkanes of at least 4 members (excludes halogenated alkanes) is 1. The van der Waals surface area contributed by atoms with Gasteiger partial charge in [0, 0.05) is 6.04 Å². The molecule has 0 heterocycles. The molecule has 0 saturated heterocycles. The summed E-state index contributed by atoms with van der Waals surface area (Å²) in [5.41, 5.74) is 7.85. The SMILES string of the molecule is CCCCC(CC)C(N)c1ccc(C)c(F)c1. The normalized spacial score (nSPS) is 14.6. The van der Waals surface area contributed by atoms with Gasteiger partial charge in [-0.3, -0.25) is 0 Å². The van der Waals surface area contributed by atoms with Gasteiger partial charge in [-0.2, -0.15) is 0 Å². The largest absolute Gasteiger partial charge is 0.324 e. The van der Waals surface area contributed by atoms with Crippen molar-refractivity contribution in [1.82, 2.24) is 0 Å². The van der Waals surface area contributed by atoms with E-state index in [1.54, 1.807) is 13.0 Å². The highest BCUT2D eigenvalue weighted by atomic mass is 19.1. The summed E-state index contributed by atoms with van der Waals surface area (Å²) in [5.74, 6) is 0.306. The number of rotatable bonds is 6. The van der Waals surface area contributed by atoms with Gasteiger partial charge in [0.2, 0.25) is 0 Å². The maximum absolute atomic E-state index is 13.5. The second-order valence-corrected chi connectivity index (χ2v) is 4.84. The van der Waals surface area contributed by atoms with Crippen LogP contribution in [0.2, 0.25) is 0 Å². The van der Waals surface area contributed by atoms with Crippen molar-refractivity contribution < 1.29 is 4.39 Å². The van der Waals surface area contributed by atoms with Crippen LogP contribution in [0.4, 0.5) is 4.39 Å². The lowest BCUT2D eigenvalue weighted by atomic mass is 9.87. The van der Waals surface area contributed by atoms with Crippen molar-refractivity contribution in [2.24, 2.45) is 11.7 Å². The molecule has 0 aromatic heterocycles. The average molecular weight is 237 g/mol. The highest BCUT2D eigenvalue weighted by Gasteiger charge is 2.18. The third-order valence-corrected chi connectivity index (χ3v) is 3.54. The van der Waals surface area contributed by atoms with Crippen LogP contribution >= 0.6 is 0 Å². The molecule has 2 atom stereocenters. The average Bonchev–Trinajstić information content (AvgIpc) is 2.33. The summed E-state index contributed by atoms with van der Waals surface area (Å²) in [5, 5.41) is 0. The fourth-order valence-corrected chi connectivity index (χ4v) is 2.19. The van der Waals surface area contributed by atoms with Crippen molar-refractivity contribution in [3.05, 3.63) is 35.1 Å². The summed E-state index contributed by atoms with van der Waals surface area (Å²) in [7, 11) is 0. The van der Waals surface area contributed by atoms with Gasteiger partial charge in [-0.25, -0.2) is 4.39 Å². The van der Waals surface area contributed by atoms with Crippen molar-refractivity contribution in [1.29, 1.82) is 0 Å². The van der Waals surface area contributed by atoms with Gasteiger partial charge in [0.05, 0.1) is 0 Å². The molecule has 0 aliphatic heterocycles. The monoisotopic (exact) mass is 237 g/mol. The van der Waals surface area contributed by atoms with Crippen LogP contribution < -0.4 is 5.73 Å². The minimum atomic E-state index is -0.150. The predicted molar refractivity (Wildman–Crippen MR) is 71.4 cm³/mol. The quantitative estimate of drug-likeness (QED) is 0.782. The minimum absolute atomic E-state index is 0.0401. The Balaban J connectivity index is 2.78. The van der Waals surface area contributed by atoms with Crippen LogP contribution in [0.5, 0.6) is 0 Å². The zero-order valence-corrected chi connectivity index (χ0v) is 11.2. The third kappa shape index (κ3) is 3.81. The summed E-state index contributed by atoms with van der Waals surface area (Å²) in [6.07, 6.45) is 4.56. The lowest BCUT2D eigenvalue weighted by molar-refractivity contribution is 0.377. The van der Waals surface area contributed by atoms with Gasteiger partial charge in [0.25, 0.3) is 0 Å². The van der Waals surface area contributed by atoms with E-state index in [9.17, 15) is 4.39 Å². The van der Waals surface area contributed by atoms with Gasteiger partial charge < -0.3 is 5.73 Å². The van der Waals surface area contributed by atoms with Crippen LogP contribution in [0, 0.1) is 18.7 Å². The fraction of sp³-hybridized carbons (Fsp3) is 0.600. The van der Waals surface area contributed by atoms with E-state index in [0.29, 0.717) is 11.5 Å². The maximum atomic E-state index is 13.5. The number of aryl methyl sites for hydroxylation is 1. The summed E-state index contributed by atoms with van der Waals surface area (Å²) >= 11 is 0. The van der Waals surface area contributed by atoms with E-state index in [1.165, 1.54) is 12.8 Å². The molecule has 2 unspecified atom stereocenters. The van der Waals surface area contributed by atoms with Crippen molar-refractivity contribution in [3.63, 3.8) is 0 Å². The van der Waals surface area contributed by atoms with Gasteiger partial charge in [-0.05, 0) is 36.5 Å². The van der Waals surface area contributed by atoms with E-state index in [2.05, 4.69) is 13.8 Å². The number of benzene rings is 1. The second-order valence-electron chi connectivity index (χ2n) is 4.84. The number of hydrogen-bond acceptors (Lipinski definition) is 1. The zero-order chi connectivity index (χ0) is 12.8. The molecule has 1 rings (SSSR count). The smallest absolute Gasteiger partial charge is 0.126 e. The Hall–Kier alpha value is -0.890. The number of nitrogens with two attached hydrogens (primary N) is 1. The number of hydrogen-bond donors (Lipinski definition) is 1. The Bertz CT molecular complexity index is 349. The molecule has 1 aromatic carbocycles. The molecule has 0 amide bonds. The summed E-state index contributed by atoms with van der Waals surface area (Å²) in [6.45, 7) is 6.12. The first kappa shape index (κ1) is 14.2. The van der Waals surface area contributed by atoms with E-state index in [4.69, 9.17) is 5.73 Å². The molecule has 0 aliphatic rings. The molecule has 17 heavy (non-hydrogen) atoms. The van der Waals surface area contributed by atoms with Crippen molar-refractivity contribution in [2.75, 3.05) is 0 Å². The highest BCUT2D eigenvalue weighted by molar-refractivity contribution is 5.26. The Morgan fingerprint density at radius 3 is 2.53 bits per heavy atom. The Kier molecular flexibility index (Phi) is 5.63. The first-order chi connectivity index (χ1) is 8.10.